The van der Waals surface area contributed by atoms with Crippen LogP contribution in [0, 0.1) is 17.3 Å². The largest absolute Gasteiger partial charge is 0.459 e. The number of rotatable bonds is 7. The average molecular weight is 272 g/mol. The predicted octanol–water partition coefficient (Wildman–Crippen LogP) is 1.60. The lowest BCUT2D eigenvalue weighted by Gasteiger charge is -2.33. The average Bonchev–Trinajstić information content (AvgIpc) is 2.68. The molecule has 0 N–H and O–H groups in total. The van der Waals surface area contributed by atoms with Crippen LogP contribution in [0.3, 0.4) is 0 Å². The van der Waals surface area contributed by atoms with Gasteiger partial charge >= 0.3 is 5.97 Å². The predicted molar refractivity (Wildman–Crippen MR) is 68.5 cm³/mol. The summed E-state index contributed by atoms with van der Waals surface area (Å²) in [6.45, 7) is 9.33. The van der Waals surface area contributed by atoms with E-state index in [1.165, 1.54) is 0 Å². The van der Waals surface area contributed by atoms with Gasteiger partial charge in [0.15, 0.2) is 0 Å². The minimum atomic E-state index is -0.532. The van der Waals surface area contributed by atoms with E-state index in [9.17, 15) is 4.79 Å². The molecule has 1 aliphatic carbocycles. The number of cyclic esters (lactones) is 1. The van der Waals surface area contributed by atoms with E-state index < -0.39 is 5.60 Å². The van der Waals surface area contributed by atoms with E-state index in [1.807, 2.05) is 13.8 Å². The highest BCUT2D eigenvalue weighted by molar-refractivity contribution is 5.81. The Kier molecular flexibility index (Phi) is 3.91. The van der Waals surface area contributed by atoms with E-state index in [4.69, 9.17) is 18.9 Å². The van der Waals surface area contributed by atoms with Gasteiger partial charge in [-0.3, -0.25) is 4.79 Å². The Morgan fingerprint density at radius 3 is 2.53 bits per heavy atom. The molecule has 2 fully saturated rings. The maximum Gasteiger partial charge on any atom is 0.310 e. The molecule has 0 aromatic rings. The zero-order chi connectivity index (χ0) is 14.3. The van der Waals surface area contributed by atoms with Gasteiger partial charge in [-0.25, -0.2) is 0 Å². The van der Waals surface area contributed by atoms with E-state index in [2.05, 4.69) is 13.8 Å². The molecule has 1 aliphatic heterocycles. The molecule has 0 amide bonds. The minimum Gasteiger partial charge on any atom is -0.459 e. The standard InChI is InChI=1S/C14H24O5/c1-13(2)9-10(13)12(15)19-11(9)14(3,4)18-8-17-7-6-16-5/h9-11H,6-8H2,1-5H3/t9-,10+,11-/m1/s1. The van der Waals surface area contributed by atoms with Gasteiger partial charge in [-0.2, -0.15) is 0 Å². The van der Waals surface area contributed by atoms with Crippen LogP contribution >= 0.6 is 0 Å². The zero-order valence-electron chi connectivity index (χ0n) is 12.4. The van der Waals surface area contributed by atoms with Gasteiger partial charge in [-0.05, 0) is 19.3 Å². The highest BCUT2D eigenvalue weighted by Crippen LogP contribution is 2.66. The molecular formula is C14H24O5. The summed E-state index contributed by atoms with van der Waals surface area (Å²) >= 11 is 0. The normalized spacial score (nSPS) is 32.1. The Morgan fingerprint density at radius 2 is 2.00 bits per heavy atom. The molecule has 2 rings (SSSR count). The molecule has 5 nitrogen and oxygen atoms in total. The first kappa shape index (κ1) is 14.8. The van der Waals surface area contributed by atoms with Gasteiger partial charge in [0.25, 0.3) is 0 Å². The fraction of sp³-hybridized carbons (Fsp3) is 0.929. The molecule has 0 unspecified atom stereocenters. The molecule has 2 aliphatic rings. The van der Waals surface area contributed by atoms with Gasteiger partial charge in [-0.15, -0.1) is 0 Å². The van der Waals surface area contributed by atoms with E-state index >= 15 is 0 Å². The Bertz CT molecular complexity index is 350. The first-order chi connectivity index (χ1) is 8.82. The summed E-state index contributed by atoms with van der Waals surface area (Å²) in [5, 5.41) is 0. The zero-order valence-corrected chi connectivity index (χ0v) is 12.4. The Morgan fingerprint density at radius 1 is 1.32 bits per heavy atom. The highest BCUT2D eigenvalue weighted by Gasteiger charge is 2.73. The van der Waals surface area contributed by atoms with Crippen molar-refractivity contribution in [3.8, 4) is 0 Å². The lowest BCUT2D eigenvalue weighted by molar-refractivity contribution is -0.190. The van der Waals surface area contributed by atoms with Crippen LogP contribution in [0.25, 0.3) is 0 Å². The number of hydrogen-bond donors (Lipinski definition) is 0. The van der Waals surface area contributed by atoms with Gasteiger partial charge in [0.2, 0.25) is 0 Å². The first-order valence-electron chi connectivity index (χ1n) is 6.73. The summed E-state index contributed by atoms with van der Waals surface area (Å²) in [6, 6.07) is 0. The Hall–Kier alpha value is -0.650. The quantitative estimate of drug-likeness (QED) is 0.400. The van der Waals surface area contributed by atoms with Crippen molar-refractivity contribution < 1.29 is 23.7 Å². The monoisotopic (exact) mass is 272 g/mol. The van der Waals surface area contributed by atoms with Crippen molar-refractivity contribution in [2.24, 2.45) is 17.3 Å². The van der Waals surface area contributed by atoms with Gasteiger partial charge < -0.3 is 18.9 Å². The van der Waals surface area contributed by atoms with Crippen LogP contribution in [0.15, 0.2) is 0 Å². The minimum absolute atomic E-state index is 0.0368. The van der Waals surface area contributed by atoms with Crippen molar-refractivity contribution in [2.75, 3.05) is 27.1 Å². The lowest BCUT2D eigenvalue weighted by Crippen LogP contribution is -2.43. The van der Waals surface area contributed by atoms with Crippen molar-refractivity contribution in [2.45, 2.75) is 39.4 Å². The second-order valence-electron chi connectivity index (χ2n) is 6.45. The number of ether oxygens (including phenoxy) is 4. The first-order valence-corrected chi connectivity index (χ1v) is 6.73. The molecule has 0 bridgehead atoms. The van der Waals surface area contributed by atoms with Crippen molar-refractivity contribution >= 4 is 5.97 Å². The molecule has 3 atom stereocenters. The van der Waals surface area contributed by atoms with E-state index in [-0.39, 0.29) is 36.1 Å². The summed E-state index contributed by atoms with van der Waals surface area (Å²) in [4.78, 5) is 11.8. The van der Waals surface area contributed by atoms with Crippen LogP contribution in [-0.2, 0) is 23.7 Å². The van der Waals surface area contributed by atoms with Crippen LogP contribution in [-0.4, -0.2) is 44.8 Å². The molecule has 1 heterocycles. The molecule has 0 radical (unpaired) electrons. The van der Waals surface area contributed by atoms with E-state index in [0.717, 1.165) is 0 Å². The van der Waals surface area contributed by atoms with Crippen LogP contribution in [0.2, 0.25) is 0 Å². The van der Waals surface area contributed by atoms with Crippen LogP contribution in [0.1, 0.15) is 27.7 Å². The van der Waals surface area contributed by atoms with E-state index in [0.29, 0.717) is 13.2 Å². The molecule has 1 saturated carbocycles. The fourth-order valence-corrected chi connectivity index (χ4v) is 3.02. The maximum absolute atomic E-state index is 11.8. The Labute approximate surface area is 114 Å². The van der Waals surface area contributed by atoms with Crippen LogP contribution in [0.5, 0.6) is 0 Å². The summed E-state index contributed by atoms with van der Waals surface area (Å²) in [5.74, 6) is 0.209. The van der Waals surface area contributed by atoms with Crippen LogP contribution in [0.4, 0.5) is 0 Å². The Balaban J connectivity index is 1.85. The molecule has 0 spiro atoms. The number of methoxy groups -OCH3 is 1. The highest BCUT2D eigenvalue weighted by atomic mass is 16.7. The summed E-state index contributed by atoms with van der Waals surface area (Å²) in [7, 11) is 1.63. The molecule has 5 heteroatoms. The lowest BCUT2D eigenvalue weighted by atomic mass is 9.93. The second kappa shape index (κ2) is 5.04. The summed E-state index contributed by atoms with van der Waals surface area (Å²) in [6.07, 6.45) is -0.189. The summed E-state index contributed by atoms with van der Waals surface area (Å²) in [5.41, 5.74) is -0.493. The third-order valence-corrected chi connectivity index (χ3v) is 4.37. The SMILES string of the molecule is COCCOCOC(C)(C)[C@@H]1OC(=O)[C@@H]2[C@H]1C2(C)C. The van der Waals surface area contributed by atoms with Crippen molar-refractivity contribution in [1.82, 2.24) is 0 Å². The molecule has 19 heavy (non-hydrogen) atoms. The number of fused-ring (bicyclic) bond motifs is 1. The number of esters is 1. The molecule has 110 valence electrons. The molecule has 1 saturated heterocycles. The smallest absolute Gasteiger partial charge is 0.310 e. The van der Waals surface area contributed by atoms with Gasteiger partial charge in [0.1, 0.15) is 18.5 Å². The molecule has 0 aromatic heterocycles. The third kappa shape index (κ3) is 2.64. The van der Waals surface area contributed by atoms with Crippen molar-refractivity contribution in [3.05, 3.63) is 0 Å². The fourth-order valence-electron chi connectivity index (χ4n) is 3.02. The van der Waals surface area contributed by atoms with Crippen molar-refractivity contribution in [1.29, 1.82) is 0 Å². The topological polar surface area (TPSA) is 54.0 Å². The summed E-state index contributed by atoms with van der Waals surface area (Å²) < 4.78 is 21.4. The van der Waals surface area contributed by atoms with Crippen LogP contribution < -0.4 is 0 Å². The second-order valence-corrected chi connectivity index (χ2v) is 6.45. The maximum atomic E-state index is 11.8. The molecule has 0 aromatic carbocycles. The van der Waals surface area contributed by atoms with Gasteiger partial charge in [0.05, 0.1) is 19.1 Å². The number of carbonyl (C=O) groups excluding carboxylic acids is 1. The van der Waals surface area contributed by atoms with Gasteiger partial charge in [0, 0.05) is 13.0 Å². The third-order valence-electron chi connectivity index (χ3n) is 4.37. The van der Waals surface area contributed by atoms with Crippen molar-refractivity contribution in [3.63, 3.8) is 0 Å². The van der Waals surface area contributed by atoms with E-state index in [1.54, 1.807) is 7.11 Å². The van der Waals surface area contributed by atoms with Gasteiger partial charge in [-0.1, -0.05) is 13.8 Å². The number of carbonyl (C=O) groups is 1. The molecular weight excluding hydrogens is 248 g/mol. The number of hydrogen-bond acceptors (Lipinski definition) is 5.